The third-order valence-electron chi connectivity index (χ3n) is 2.24. The van der Waals surface area contributed by atoms with E-state index in [2.05, 4.69) is 5.32 Å². The highest BCUT2D eigenvalue weighted by Gasteiger charge is 2.14. The lowest BCUT2D eigenvalue weighted by molar-refractivity contribution is 0.175. The minimum absolute atomic E-state index is 0.104. The number of rotatable bonds is 6. The van der Waals surface area contributed by atoms with Crippen molar-refractivity contribution in [2.24, 2.45) is 11.7 Å². The zero-order valence-electron chi connectivity index (χ0n) is 8.29. The summed E-state index contributed by atoms with van der Waals surface area (Å²) in [5.41, 5.74) is 5.75. The summed E-state index contributed by atoms with van der Waals surface area (Å²) in [7, 11) is 1.67. The molecule has 0 radical (unpaired) electrons. The second-order valence-electron chi connectivity index (χ2n) is 3.60. The van der Waals surface area contributed by atoms with Gasteiger partial charge in [-0.05, 0) is 12.3 Å². The van der Waals surface area contributed by atoms with Crippen LogP contribution in [0.2, 0.25) is 0 Å². The third-order valence-corrected chi connectivity index (χ3v) is 2.24. The maximum Gasteiger partial charge on any atom is 0.0626 e. The van der Waals surface area contributed by atoms with Gasteiger partial charge in [-0.15, -0.1) is 0 Å². The third kappa shape index (κ3) is 4.57. The molecule has 1 rings (SSSR count). The Balaban J connectivity index is 1.93. The molecule has 1 saturated heterocycles. The van der Waals surface area contributed by atoms with Gasteiger partial charge in [-0.25, -0.2) is 0 Å². The first-order valence-corrected chi connectivity index (χ1v) is 4.86. The molecule has 0 aromatic rings. The van der Waals surface area contributed by atoms with Crippen LogP contribution in [0, 0.1) is 5.92 Å². The first-order valence-electron chi connectivity index (χ1n) is 4.86. The minimum Gasteiger partial charge on any atom is -0.383 e. The normalized spacial score (nSPS) is 24.9. The second-order valence-corrected chi connectivity index (χ2v) is 3.60. The van der Waals surface area contributed by atoms with Crippen LogP contribution in [-0.2, 0) is 9.47 Å². The molecule has 78 valence electrons. The van der Waals surface area contributed by atoms with Crippen LogP contribution in [0.5, 0.6) is 0 Å². The predicted molar refractivity (Wildman–Crippen MR) is 51.6 cm³/mol. The molecular weight excluding hydrogens is 168 g/mol. The molecule has 0 saturated carbocycles. The van der Waals surface area contributed by atoms with E-state index < -0.39 is 0 Å². The molecule has 1 fully saturated rings. The Kier molecular flexibility index (Phi) is 5.31. The Hall–Kier alpha value is -0.160. The summed E-state index contributed by atoms with van der Waals surface area (Å²) in [4.78, 5) is 0. The van der Waals surface area contributed by atoms with Gasteiger partial charge in [0.15, 0.2) is 0 Å². The largest absolute Gasteiger partial charge is 0.383 e. The van der Waals surface area contributed by atoms with Crippen molar-refractivity contribution in [2.45, 2.75) is 12.5 Å². The van der Waals surface area contributed by atoms with Gasteiger partial charge in [-0.1, -0.05) is 0 Å². The molecule has 0 amide bonds. The van der Waals surface area contributed by atoms with Gasteiger partial charge >= 0.3 is 0 Å². The van der Waals surface area contributed by atoms with Crippen LogP contribution in [0.4, 0.5) is 0 Å². The second kappa shape index (κ2) is 6.32. The number of ether oxygens (including phenoxy) is 2. The Morgan fingerprint density at radius 1 is 1.69 bits per heavy atom. The smallest absolute Gasteiger partial charge is 0.0626 e. The van der Waals surface area contributed by atoms with Crippen LogP contribution in [-0.4, -0.2) is 46.1 Å². The van der Waals surface area contributed by atoms with Gasteiger partial charge < -0.3 is 20.5 Å². The standard InChI is InChI=1S/C9H20N2O2/c1-12-7-9(10)5-11-4-8-2-3-13-6-8/h8-9,11H,2-7,10H2,1H3. The molecule has 1 aliphatic rings. The van der Waals surface area contributed by atoms with Crippen LogP contribution in [0.15, 0.2) is 0 Å². The highest BCUT2D eigenvalue weighted by Crippen LogP contribution is 2.10. The Morgan fingerprint density at radius 3 is 3.15 bits per heavy atom. The molecule has 0 aromatic heterocycles. The molecule has 2 atom stereocenters. The fourth-order valence-electron chi connectivity index (χ4n) is 1.49. The van der Waals surface area contributed by atoms with E-state index in [-0.39, 0.29) is 6.04 Å². The molecule has 0 aromatic carbocycles. The fraction of sp³-hybridized carbons (Fsp3) is 1.00. The number of nitrogens with one attached hydrogen (secondary N) is 1. The van der Waals surface area contributed by atoms with E-state index in [9.17, 15) is 0 Å². The number of hydrogen-bond acceptors (Lipinski definition) is 4. The molecule has 1 heterocycles. The summed E-state index contributed by atoms with van der Waals surface area (Å²) in [6.07, 6.45) is 1.17. The van der Waals surface area contributed by atoms with Crippen LogP contribution in [0.3, 0.4) is 0 Å². The van der Waals surface area contributed by atoms with Crippen LogP contribution in [0.25, 0.3) is 0 Å². The van der Waals surface area contributed by atoms with Gasteiger partial charge in [0.1, 0.15) is 0 Å². The molecule has 13 heavy (non-hydrogen) atoms. The van der Waals surface area contributed by atoms with E-state index in [0.29, 0.717) is 12.5 Å². The van der Waals surface area contributed by atoms with Crippen LogP contribution >= 0.6 is 0 Å². The van der Waals surface area contributed by atoms with Gasteiger partial charge in [0.2, 0.25) is 0 Å². The Morgan fingerprint density at radius 2 is 2.54 bits per heavy atom. The van der Waals surface area contributed by atoms with Crippen molar-refractivity contribution in [1.82, 2.24) is 5.32 Å². The quantitative estimate of drug-likeness (QED) is 0.595. The SMILES string of the molecule is COCC(N)CNCC1CCOC1. The molecule has 0 spiro atoms. The molecule has 4 heteroatoms. The Labute approximate surface area is 79.8 Å². The average molecular weight is 188 g/mol. The van der Waals surface area contributed by atoms with Crippen molar-refractivity contribution in [3.05, 3.63) is 0 Å². The first-order chi connectivity index (χ1) is 6.33. The van der Waals surface area contributed by atoms with E-state index in [4.69, 9.17) is 15.2 Å². The summed E-state index contributed by atoms with van der Waals surface area (Å²) in [6, 6.07) is 0.104. The van der Waals surface area contributed by atoms with Gasteiger partial charge in [0.25, 0.3) is 0 Å². The van der Waals surface area contributed by atoms with Crippen molar-refractivity contribution in [2.75, 3.05) is 40.0 Å². The maximum absolute atomic E-state index is 5.75. The van der Waals surface area contributed by atoms with Gasteiger partial charge in [0, 0.05) is 32.8 Å². The fourth-order valence-corrected chi connectivity index (χ4v) is 1.49. The van der Waals surface area contributed by atoms with E-state index in [1.165, 1.54) is 6.42 Å². The Bertz CT molecular complexity index is 127. The molecular formula is C9H20N2O2. The lowest BCUT2D eigenvalue weighted by Crippen LogP contribution is -2.39. The number of nitrogens with two attached hydrogens (primary N) is 1. The minimum atomic E-state index is 0.104. The maximum atomic E-state index is 5.75. The predicted octanol–water partition coefficient (Wildman–Crippen LogP) is -0.414. The van der Waals surface area contributed by atoms with Crippen molar-refractivity contribution in [3.8, 4) is 0 Å². The van der Waals surface area contributed by atoms with Gasteiger partial charge in [0.05, 0.1) is 13.2 Å². The molecule has 0 bridgehead atoms. The lowest BCUT2D eigenvalue weighted by Gasteiger charge is -2.13. The summed E-state index contributed by atoms with van der Waals surface area (Å²) < 4.78 is 10.2. The van der Waals surface area contributed by atoms with Crippen molar-refractivity contribution >= 4 is 0 Å². The summed E-state index contributed by atoms with van der Waals surface area (Å²) >= 11 is 0. The van der Waals surface area contributed by atoms with E-state index in [0.717, 1.165) is 26.3 Å². The van der Waals surface area contributed by atoms with Crippen molar-refractivity contribution in [3.63, 3.8) is 0 Å². The molecule has 4 nitrogen and oxygen atoms in total. The van der Waals surface area contributed by atoms with Crippen LogP contribution < -0.4 is 11.1 Å². The van der Waals surface area contributed by atoms with Crippen LogP contribution in [0.1, 0.15) is 6.42 Å². The van der Waals surface area contributed by atoms with Crippen molar-refractivity contribution in [1.29, 1.82) is 0 Å². The van der Waals surface area contributed by atoms with Crippen molar-refractivity contribution < 1.29 is 9.47 Å². The topological polar surface area (TPSA) is 56.5 Å². The van der Waals surface area contributed by atoms with E-state index >= 15 is 0 Å². The van der Waals surface area contributed by atoms with Gasteiger partial charge in [-0.2, -0.15) is 0 Å². The zero-order valence-corrected chi connectivity index (χ0v) is 8.29. The lowest BCUT2D eigenvalue weighted by atomic mass is 10.1. The first kappa shape index (κ1) is 10.9. The number of methoxy groups -OCH3 is 1. The average Bonchev–Trinajstić information content (AvgIpc) is 2.57. The molecule has 2 unspecified atom stereocenters. The number of hydrogen-bond donors (Lipinski definition) is 2. The molecule has 3 N–H and O–H groups in total. The van der Waals surface area contributed by atoms with E-state index in [1.54, 1.807) is 7.11 Å². The monoisotopic (exact) mass is 188 g/mol. The molecule has 0 aliphatic carbocycles. The highest BCUT2D eigenvalue weighted by molar-refractivity contribution is 4.69. The summed E-state index contributed by atoms with van der Waals surface area (Å²) in [5, 5.41) is 3.33. The van der Waals surface area contributed by atoms with Gasteiger partial charge in [-0.3, -0.25) is 0 Å². The summed E-state index contributed by atoms with van der Waals surface area (Å²) in [5.74, 6) is 0.676. The zero-order chi connectivity index (χ0) is 9.52. The summed E-state index contributed by atoms with van der Waals surface area (Å²) in [6.45, 7) is 4.26. The molecule has 1 aliphatic heterocycles. The highest BCUT2D eigenvalue weighted by atomic mass is 16.5. The van der Waals surface area contributed by atoms with E-state index in [1.807, 2.05) is 0 Å².